The van der Waals surface area contributed by atoms with Gasteiger partial charge in [0.25, 0.3) is 0 Å². The highest BCUT2D eigenvalue weighted by molar-refractivity contribution is 6.36. The number of aryl methyl sites for hydroxylation is 1. The van der Waals surface area contributed by atoms with E-state index >= 15 is 0 Å². The van der Waals surface area contributed by atoms with E-state index in [-0.39, 0.29) is 26.9 Å². The van der Waals surface area contributed by atoms with Gasteiger partial charge in [-0.2, -0.15) is 0 Å². The Labute approximate surface area is 219 Å². The standard InChI is InChI=1S/C27H25Cl2NO6/c1-15(25(31)34-2)24-23(27(33)36-4)22(20-17(28)11-8-12-18(20)29)21(26(32)35-3)19(30-24)14-13-16-9-6-5-7-10-16/h5-12,22-23H,1,13-14H2,2-4H3. The molecule has 0 aromatic heterocycles. The molecule has 2 aromatic carbocycles. The van der Waals surface area contributed by atoms with Gasteiger partial charge in [-0.25, -0.2) is 9.59 Å². The normalized spacial score (nSPS) is 17.2. The molecule has 1 aliphatic rings. The van der Waals surface area contributed by atoms with Crippen molar-refractivity contribution in [2.24, 2.45) is 10.9 Å². The molecule has 7 nitrogen and oxygen atoms in total. The van der Waals surface area contributed by atoms with Crippen LogP contribution in [0.3, 0.4) is 0 Å². The number of esters is 3. The molecule has 0 fully saturated rings. The molecule has 0 saturated carbocycles. The molecule has 2 atom stereocenters. The SMILES string of the molecule is C=C(C(=O)OC)C1=NC(CCc2ccccc2)=C(C(=O)OC)C(c2c(Cl)cccc2Cl)C1C(=O)OC. The van der Waals surface area contributed by atoms with Crippen LogP contribution >= 0.6 is 23.2 Å². The van der Waals surface area contributed by atoms with E-state index in [0.29, 0.717) is 24.1 Å². The van der Waals surface area contributed by atoms with Gasteiger partial charge in [0.05, 0.1) is 43.9 Å². The Kier molecular flexibility index (Phi) is 9.07. The highest BCUT2D eigenvalue weighted by atomic mass is 35.5. The Morgan fingerprint density at radius 1 is 0.889 bits per heavy atom. The highest BCUT2D eigenvalue weighted by Gasteiger charge is 2.47. The van der Waals surface area contributed by atoms with Crippen molar-refractivity contribution in [1.82, 2.24) is 0 Å². The number of allylic oxidation sites excluding steroid dienone is 1. The predicted molar refractivity (Wildman–Crippen MR) is 137 cm³/mol. The third-order valence-electron chi connectivity index (χ3n) is 5.91. The molecule has 0 radical (unpaired) electrons. The van der Waals surface area contributed by atoms with E-state index in [1.807, 2.05) is 30.3 Å². The maximum Gasteiger partial charge on any atom is 0.339 e. The summed E-state index contributed by atoms with van der Waals surface area (Å²) in [5.74, 6) is -4.59. The molecule has 0 aliphatic carbocycles. The summed E-state index contributed by atoms with van der Waals surface area (Å²) in [6.07, 6.45) is 0.808. The van der Waals surface area contributed by atoms with E-state index in [1.54, 1.807) is 18.2 Å². The number of methoxy groups -OCH3 is 3. The second kappa shape index (κ2) is 12.0. The Morgan fingerprint density at radius 3 is 2.08 bits per heavy atom. The summed E-state index contributed by atoms with van der Waals surface area (Å²) in [6, 6.07) is 14.4. The number of hydrogen-bond donors (Lipinski definition) is 0. The summed E-state index contributed by atoms with van der Waals surface area (Å²) in [7, 11) is 3.62. The first-order valence-electron chi connectivity index (χ1n) is 11.0. The van der Waals surface area contributed by atoms with Crippen LogP contribution < -0.4 is 0 Å². The van der Waals surface area contributed by atoms with Crippen LogP contribution in [-0.4, -0.2) is 44.9 Å². The molecule has 0 saturated heterocycles. The lowest BCUT2D eigenvalue weighted by Gasteiger charge is -2.34. The number of ether oxygens (including phenoxy) is 3. The molecule has 0 amide bonds. The van der Waals surface area contributed by atoms with Crippen LogP contribution in [0, 0.1) is 5.92 Å². The van der Waals surface area contributed by atoms with Gasteiger partial charge < -0.3 is 14.2 Å². The summed E-state index contributed by atoms with van der Waals surface area (Å²) in [4.78, 5) is 43.5. The molecule has 1 aliphatic heterocycles. The minimum atomic E-state index is -1.27. The lowest BCUT2D eigenvalue weighted by atomic mass is 9.73. The van der Waals surface area contributed by atoms with Crippen LogP contribution in [0.25, 0.3) is 0 Å². The van der Waals surface area contributed by atoms with Crippen LogP contribution in [0.2, 0.25) is 10.0 Å². The first kappa shape index (κ1) is 27.2. The average molecular weight is 530 g/mol. The van der Waals surface area contributed by atoms with Gasteiger partial charge in [-0.05, 0) is 36.1 Å². The van der Waals surface area contributed by atoms with Gasteiger partial charge in [-0.15, -0.1) is 0 Å². The third-order valence-corrected chi connectivity index (χ3v) is 6.57. The van der Waals surface area contributed by atoms with Crippen LogP contribution in [0.15, 0.2) is 76.9 Å². The van der Waals surface area contributed by atoms with Crippen molar-refractivity contribution >= 4 is 46.8 Å². The van der Waals surface area contributed by atoms with Crippen LogP contribution in [0.1, 0.15) is 23.5 Å². The molecule has 2 aromatic rings. The first-order valence-corrected chi connectivity index (χ1v) is 11.7. The van der Waals surface area contributed by atoms with Crippen LogP contribution in [0.4, 0.5) is 0 Å². The van der Waals surface area contributed by atoms with Gasteiger partial charge in [0.15, 0.2) is 0 Å². The fourth-order valence-corrected chi connectivity index (χ4v) is 4.84. The zero-order valence-electron chi connectivity index (χ0n) is 20.0. The zero-order chi connectivity index (χ0) is 26.4. The topological polar surface area (TPSA) is 91.3 Å². The van der Waals surface area contributed by atoms with E-state index in [9.17, 15) is 14.4 Å². The second-order valence-electron chi connectivity index (χ2n) is 7.92. The quantitative estimate of drug-likeness (QED) is 0.268. The Bertz CT molecular complexity index is 1230. The fraction of sp³-hybridized carbons (Fsp3) is 0.259. The molecule has 36 heavy (non-hydrogen) atoms. The largest absolute Gasteiger partial charge is 0.468 e. The maximum absolute atomic E-state index is 13.2. The maximum atomic E-state index is 13.2. The monoisotopic (exact) mass is 529 g/mol. The summed E-state index contributed by atoms with van der Waals surface area (Å²) < 4.78 is 15.0. The number of rotatable bonds is 8. The number of nitrogens with zero attached hydrogens (tertiary/aromatic N) is 1. The Morgan fingerprint density at radius 2 is 1.53 bits per heavy atom. The Hall–Kier alpha value is -3.42. The molecule has 0 bridgehead atoms. The van der Waals surface area contributed by atoms with Crippen molar-refractivity contribution in [1.29, 1.82) is 0 Å². The third kappa shape index (κ3) is 5.53. The number of carbonyl (C=O) groups is 3. The molecule has 3 rings (SSSR count). The summed E-state index contributed by atoms with van der Waals surface area (Å²) in [5.41, 5.74) is 1.57. The minimum Gasteiger partial charge on any atom is -0.468 e. The van der Waals surface area contributed by atoms with Crippen molar-refractivity contribution in [3.8, 4) is 0 Å². The smallest absolute Gasteiger partial charge is 0.339 e. The number of halogens is 2. The second-order valence-corrected chi connectivity index (χ2v) is 8.73. The molecule has 1 heterocycles. The molecule has 2 unspecified atom stereocenters. The molecular weight excluding hydrogens is 505 g/mol. The van der Waals surface area contributed by atoms with Crippen molar-refractivity contribution < 1.29 is 28.6 Å². The number of carbonyl (C=O) groups excluding carboxylic acids is 3. The lowest BCUT2D eigenvalue weighted by Crippen LogP contribution is -2.39. The van der Waals surface area contributed by atoms with Crippen molar-refractivity contribution in [3.05, 3.63) is 93.1 Å². The van der Waals surface area contributed by atoms with E-state index in [1.165, 1.54) is 21.3 Å². The van der Waals surface area contributed by atoms with E-state index in [0.717, 1.165) is 5.56 Å². The Balaban J connectivity index is 2.33. The van der Waals surface area contributed by atoms with Gasteiger partial charge in [-0.3, -0.25) is 9.79 Å². The van der Waals surface area contributed by atoms with Gasteiger partial charge in [-0.1, -0.05) is 66.2 Å². The summed E-state index contributed by atoms with van der Waals surface area (Å²) in [5, 5.41) is 0.435. The molecule has 9 heteroatoms. The van der Waals surface area contributed by atoms with Gasteiger partial charge in [0.2, 0.25) is 0 Å². The average Bonchev–Trinajstić information content (AvgIpc) is 2.90. The number of benzene rings is 2. The van der Waals surface area contributed by atoms with Crippen molar-refractivity contribution in [2.45, 2.75) is 18.8 Å². The van der Waals surface area contributed by atoms with E-state index in [2.05, 4.69) is 11.6 Å². The fourth-order valence-electron chi connectivity index (χ4n) is 4.21. The number of aliphatic imine (C=N–C) groups is 1. The van der Waals surface area contributed by atoms with Gasteiger partial charge in [0, 0.05) is 16.0 Å². The first-order chi connectivity index (χ1) is 17.2. The molecule has 0 N–H and O–H groups in total. The molecule has 188 valence electrons. The van der Waals surface area contributed by atoms with Crippen molar-refractivity contribution in [3.63, 3.8) is 0 Å². The zero-order valence-corrected chi connectivity index (χ0v) is 21.6. The lowest BCUT2D eigenvalue weighted by molar-refractivity contribution is -0.143. The summed E-state index contributed by atoms with van der Waals surface area (Å²) in [6.45, 7) is 3.81. The van der Waals surface area contributed by atoms with Crippen molar-refractivity contribution in [2.75, 3.05) is 21.3 Å². The predicted octanol–water partition coefficient (Wildman–Crippen LogP) is 5.11. The van der Waals surface area contributed by atoms with Crippen LogP contribution in [-0.2, 0) is 35.0 Å². The van der Waals surface area contributed by atoms with Crippen LogP contribution in [0.5, 0.6) is 0 Å². The van der Waals surface area contributed by atoms with Gasteiger partial charge >= 0.3 is 17.9 Å². The highest BCUT2D eigenvalue weighted by Crippen LogP contribution is 2.47. The molecular formula is C27H25Cl2NO6. The minimum absolute atomic E-state index is 0.00500. The van der Waals surface area contributed by atoms with E-state index < -0.39 is 29.7 Å². The summed E-state index contributed by atoms with van der Waals surface area (Å²) >= 11 is 13.1. The van der Waals surface area contributed by atoms with Gasteiger partial charge in [0.1, 0.15) is 5.92 Å². The van der Waals surface area contributed by atoms with E-state index in [4.69, 9.17) is 37.4 Å². The molecule has 0 spiro atoms. The number of hydrogen-bond acceptors (Lipinski definition) is 7.